The van der Waals surface area contributed by atoms with E-state index in [0.29, 0.717) is 18.3 Å². The molecule has 0 spiro atoms. The van der Waals surface area contributed by atoms with Crippen LogP contribution in [0.5, 0.6) is 0 Å². The van der Waals surface area contributed by atoms with Gasteiger partial charge in [0.2, 0.25) is 0 Å². The van der Waals surface area contributed by atoms with Crippen LogP contribution in [0.3, 0.4) is 0 Å². The number of pyridine rings is 1. The minimum Gasteiger partial charge on any atom is -0.396 e. The summed E-state index contributed by atoms with van der Waals surface area (Å²) in [6, 6.07) is 1.40. The number of nitrogens with zero attached hydrogens (tertiary/aromatic N) is 4. The van der Waals surface area contributed by atoms with E-state index in [9.17, 15) is 8.42 Å². The molecule has 2 N–H and O–H groups in total. The molecule has 8 heteroatoms. The number of nitrogen functional groups attached to an aromatic ring is 1. The summed E-state index contributed by atoms with van der Waals surface area (Å²) in [5.41, 5.74) is 5.81. The van der Waals surface area contributed by atoms with Crippen LogP contribution < -0.4 is 5.73 Å². The Bertz CT molecular complexity index is 693. The first-order valence-electron chi connectivity index (χ1n) is 6.19. The number of rotatable bonds is 5. The minimum atomic E-state index is -3.56. The largest absolute Gasteiger partial charge is 0.396 e. The molecule has 0 saturated carbocycles. The molecule has 0 aliphatic carbocycles. The molecular formula is C12H17N5O2S. The van der Waals surface area contributed by atoms with Crippen molar-refractivity contribution in [3.05, 3.63) is 30.6 Å². The number of hydrogen-bond acceptors (Lipinski definition) is 6. The third-order valence-electron chi connectivity index (χ3n) is 2.70. The standard InChI is InChI=1S/C12H17N5O2S/c1-9(2)6-17-12(15-8-16-17)7-20(18,19)11-3-4-14-5-10(11)13/h3-5,8-9H,6-7,13H2,1-2H3. The highest BCUT2D eigenvalue weighted by molar-refractivity contribution is 7.90. The van der Waals surface area contributed by atoms with E-state index in [1.165, 1.54) is 24.8 Å². The SMILES string of the molecule is CC(C)Cn1ncnc1CS(=O)(=O)c1ccncc1N. The number of anilines is 1. The van der Waals surface area contributed by atoms with Gasteiger partial charge in [0, 0.05) is 12.7 Å². The molecule has 0 saturated heterocycles. The third kappa shape index (κ3) is 3.13. The van der Waals surface area contributed by atoms with Gasteiger partial charge in [-0.25, -0.2) is 18.1 Å². The molecular weight excluding hydrogens is 278 g/mol. The summed E-state index contributed by atoms with van der Waals surface area (Å²) >= 11 is 0. The number of aromatic nitrogens is 4. The second-order valence-electron chi connectivity index (χ2n) is 4.92. The maximum Gasteiger partial charge on any atom is 0.187 e. The Kier molecular flexibility index (Phi) is 4.03. The number of nitrogens with two attached hydrogens (primary N) is 1. The third-order valence-corrected chi connectivity index (χ3v) is 4.38. The van der Waals surface area contributed by atoms with Crippen LogP contribution in [-0.2, 0) is 22.1 Å². The van der Waals surface area contributed by atoms with Crippen LogP contribution in [0.4, 0.5) is 5.69 Å². The average molecular weight is 295 g/mol. The van der Waals surface area contributed by atoms with Crippen LogP contribution in [0.1, 0.15) is 19.7 Å². The quantitative estimate of drug-likeness (QED) is 0.878. The molecule has 0 aliphatic heterocycles. The fourth-order valence-corrected chi connectivity index (χ4v) is 3.22. The first-order valence-corrected chi connectivity index (χ1v) is 7.84. The van der Waals surface area contributed by atoms with Crippen LogP contribution in [0.2, 0.25) is 0 Å². The monoisotopic (exact) mass is 295 g/mol. The topological polar surface area (TPSA) is 104 Å². The van der Waals surface area contributed by atoms with Crippen molar-refractivity contribution in [3.8, 4) is 0 Å². The van der Waals surface area contributed by atoms with Gasteiger partial charge in [0.1, 0.15) is 17.9 Å². The summed E-state index contributed by atoms with van der Waals surface area (Å²) in [5.74, 6) is 0.535. The van der Waals surface area contributed by atoms with Gasteiger partial charge in [-0.2, -0.15) is 5.10 Å². The van der Waals surface area contributed by atoms with Gasteiger partial charge in [-0.05, 0) is 12.0 Å². The molecule has 2 aromatic heterocycles. The predicted octanol–water partition coefficient (Wildman–Crippen LogP) is 0.885. The van der Waals surface area contributed by atoms with Crippen LogP contribution in [0.25, 0.3) is 0 Å². The molecule has 2 rings (SSSR count). The van der Waals surface area contributed by atoms with Gasteiger partial charge in [-0.3, -0.25) is 4.98 Å². The van der Waals surface area contributed by atoms with Crippen molar-refractivity contribution in [1.29, 1.82) is 0 Å². The van der Waals surface area contributed by atoms with E-state index in [0.717, 1.165) is 0 Å². The molecule has 7 nitrogen and oxygen atoms in total. The molecule has 0 aromatic carbocycles. The van der Waals surface area contributed by atoms with Crippen molar-refractivity contribution in [1.82, 2.24) is 19.7 Å². The van der Waals surface area contributed by atoms with Gasteiger partial charge < -0.3 is 5.73 Å². The number of sulfone groups is 1. The maximum atomic E-state index is 12.4. The van der Waals surface area contributed by atoms with Crippen LogP contribution in [-0.4, -0.2) is 28.2 Å². The van der Waals surface area contributed by atoms with E-state index < -0.39 is 9.84 Å². The van der Waals surface area contributed by atoms with Crippen LogP contribution in [0.15, 0.2) is 29.7 Å². The van der Waals surface area contributed by atoms with Gasteiger partial charge in [0.05, 0.1) is 16.8 Å². The summed E-state index contributed by atoms with van der Waals surface area (Å²) in [4.78, 5) is 7.89. The van der Waals surface area contributed by atoms with E-state index in [1.807, 2.05) is 13.8 Å². The molecule has 0 amide bonds. The lowest BCUT2D eigenvalue weighted by Crippen LogP contribution is -2.15. The van der Waals surface area contributed by atoms with E-state index in [4.69, 9.17) is 5.73 Å². The Hall–Kier alpha value is -1.96. The van der Waals surface area contributed by atoms with Crippen molar-refractivity contribution < 1.29 is 8.42 Å². The van der Waals surface area contributed by atoms with Crippen molar-refractivity contribution in [2.24, 2.45) is 5.92 Å². The predicted molar refractivity (Wildman–Crippen MR) is 74.4 cm³/mol. The maximum absolute atomic E-state index is 12.4. The molecule has 2 aromatic rings. The van der Waals surface area contributed by atoms with E-state index >= 15 is 0 Å². The first kappa shape index (κ1) is 14.4. The van der Waals surface area contributed by atoms with Gasteiger partial charge in [0.15, 0.2) is 9.84 Å². The van der Waals surface area contributed by atoms with Crippen molar-refractivity contribution in [2.75, 3.05) is 5.73 Å². The van der Waals surface area contributed by atoms with Gasteiger partial charge in [-0.15, -0.1) is 0 Å². The highest BCUT2D eigenvalue weighted by Gasteiger charge is 2.21. The zero-order chi connectivity index (χ0) is 14.8. The summed E-state index contributed by atoms with van der Waals surface area (Å²) in [6.45, 7) is 4.68. The van der Waals surface area contributed by atoms with Crippen molar-refractivity contribution in [3.63, 3.8) is 0 Å². The Morgan fingerprint density at radius 1 is 1.40 bits per heavy atom. The fraction of sp³-hybridized carbons (Fsp3) is 0.417. The van der Waals surface area contributed by atoms with Crippen LogP contribution >= 0.6 is 0 Å². The van der Waals surface area contributed by atoms with Crippen LogP contribution in [0, 0.1) is 5.92 Å². The Morgan fingerprint density at radius 3 is 2.80 bits per heavy atom. The summed E-state index contributed by atoms with van der Waals surface area (Å²) in [5, 5.41) is 4.05. The molecule has 0 unspecified atom stereocenters. The van der Waals surface area contributed by atoms with Gasteiger partial charge >= 0.3 is 0 Å². The lowest BCUT2D eigenvalue weighted by Gasteiger charge is -2.10. The van der Waals surface area contributed by atoms with E-state index in [-0.39, 0.29) is 16.3 Å². The molecule has 0 radical (unpaired) electrons. The first-order chi connectivity index (χ1) is 9.40. The zero-order valence-corrected chi connectivity index (χ0v) is 12.2. The van der Waals surface area contributed by atoms with Crippen molar-refractivity contribution >= 4 is 15.5 Å². The lowest BCUT2D eigenvalue weighted by atomic mass is 10.2. The lowest BCUT2D eigenvalue weighted by molar-refractivity contribution is 0.470. The molecule has 108 valence electrons. The Morgan fingerprint density at radius 2 is 2.15 bits per heavy atom. The normalized spacial score (nSPS) is 11.9. The Balaban J connectivity index is 2.30. The summed E-state index contributed by atoms with van der Waals surface area (Å²) < 4.78 is 26.3. The zero-order valence-electron chi connectivity index (χ0n) is 11.4. The Labute approximate surface area is 117 Å². The highest BCUT2D eigenvalue weighted by atomic mass is 32.2. The average Bonchev–Trinajstić information content (AvgIpc) is 2.75. The molecule has 0 bridgehead atoms. The molecule has 0 aliphatic rings. The van der Waals surface area contributed by atoms with E-state index in [2.05, 4.69) is 15.1 Å². The summed E-state index contributed by atoms with van der Waals surface area (Å²) in [7, 11) is -3.56. The second kappa shape index (κ2) is 5.58. The smallest absolute Gasteiger partial charge is 0.187 e. The van der Waals surface area contributed by atoms with Gasteiger partial charge in [-0.1, -0.05) is 13.8 Å². The molecule has 0 fully saturated rings. The van der Waals surface area contributed by atoms with Gasteiger partial charge in [0.25, 0.3) is 0 Å². The highest BCUT2D eigenvalue weighted by Crippen LogP contribution is 2.20. The number of hydrogen-bond donors (Lipinski definition) is 1. The van der Waals surface area contributed by atoms with Crippen molar-refractivity contribution in [2.45, 2.75) is 31.0 Å². The molecule has 0 atom stereocenters. The molecule has 2 heterocycles. The fourth-order valence-electron chi connectivity index (χ4n) is 1.82. The molecule has 20 heavy (non-hydrogen) atoms. The minimum absolute atomic E-state index is 0.0756. The van der Waals surface area contributed by atoms with E-state index in [1.54, 1.807) is 4.68 Å². The second-order valence-corrected chi connectivity index (χ2v) is 6.88. The summed E-state index contributed by atoms with van der Waals surface area (Å²) in [6.07, 6.45) is 4.09.